The van der Waals surface area contributed by atoms with Crippen LogP contribution >= 0.6 is 0 Å². The van der Waals surface area contributed by atoms with Gasteiger partial charge in [-0.25, -0.2) is 4.98 Å². The van der Waals surface area contributed by atoms with Gasteiger partial charge in [0, 0.05) is 25.8 Å². The molecule has 0 fully saturated rings. The van der Waals surface area contributed by atoms with Crippen LogP contribution in [-0.2, 0) is 11.3 Å². The summed E-state index contributed by atoms with van der Waals surface area (Å²) in [7, 11) is 1.73. The second kappa shape index (κ2) is 8.84. The van der Waals surface area contributed by atoms with E-state index in [0.29, 0.717) is 31.5 Å². The van der Waals surface area contributed by atoms with Gasteiger partial charge in [0.05, 0.1) is 18.8 Å². The minimum absolute atomic E-state index is 0.546. The SMILES string of the molecule is CCOCCNC(=NC)NCc1coc(-c2ccccc2)n1. The number of guanidine groups is 1. The number of nitrogens with one attached hydrogen (secondary N) is 2. The summed E-state index contributed by atoms with van der Waals surface area (Å²) >= 11 is 0. The third kappa shape index (κ3) is 4.89. The number of hydrogen-bond donors (Lipinski definition) is 2. The summed E-state index contributed by atoms with van der Waals surface area (Å²) in [6.45, 7) is 4.60. The molecule has 0 amide bonds. The summed E-state index contributed by atoms with van der Waals surface area (Å²) in [5, 5.41) is 6.36. The van der Waals surface area contributed by atoms with Crippen LogP contribution in [0.2, 0.25) is 0 Å². The Hall–Kier alpha value is -2.34. The highest BCUT2D eigenvalue weighted by Gasteiger charge is 2.06. The second-order valence-electron chi connectivity index (χ2n) is 4.56. The number of oxazole rings is 1. The monoisotopic (exact) mass is 302 g/mol. The Morgan fingerprint density at radius 2 is 2.09 bits per heavy atom. The van der Waals surface area contributed by atoms with E-state index in [0.717, 1.165) is 17.9 Å². The Labute approximate surface area is 130 Å². The van der Waals surface area contributed by atoms with Crippen LogP contribution in [0, 0.1) is 0 Å². The van der Waals surface area contributed by atoms with E-state index in [1.807, 2.05) is 37.3 Å². The van der Waals surface area contributed by atoms with E-state index in [1.165, 1.54) is 0 Å². The van der Waals surface area contributed by atoms with Gasteiger partial charge in [-0.15, -0.1) is 0 Å². The topological polar surface area (TPSA) is 71.7 Å². The zero-order chi connectivity index (χ0) is 15.6. The second-order valence-corrected chi connectivity index (χ2v) is 4.56. The van der Waals surface area contributed by atoms with Gasteiger partial charge in [-0.05, 0) is 19.1 Å². The van der Waals surface area contributed by atoms with E-state index in [1.54, 1.807) is 13.3 Å². The smallest absolute Gasteiger partial charge is 0.226 e. The molecule has 0 aliphatic carbocycles. The van der Waals surface area contributed by atoms with Crippen LogP contribution in [0.15, 0.2) is 46.0 Å². The van der Waals surface area contributed by atoms with Crippen LogP contribution in [0.3, 0.4) is 0 Å². The van der Waals surface area contributed by atoms with Gasteiger partial charge in [0.25, 0.3) is 0 Å². The normalized spacial score (nSPS) is 11.5. The lowest BCUT2D eigenvalue weighted by Crippen LogP contribution is -2.38. The van der Waals surface area contributed by atoms with Crippen LogP contribution in [0.5, 0.6) is 0 Å². The zero-order valence-corrected chi connectivity index (χ0v) is 13.0. The van der Waals surface area contributed by atoms with Gasteiger partial charge in [0.1, 0.15) is 6.26 Å². The lowest BCUT2D eigenvalue weighted by atomic mass is 10.2. The molecule has 1 aromatic heterocycles. The first-order chi connectivity index (χ1) is 10.8. The molecular weight excluding hydrogens is 280 g/mol. The Balaban J connectivity index is 1.82. The van der Waals surface area contributed by atoms with Crippen LogP contribution in [-0.4, -0.2) is 37.7 Å². The van der Waals surface area contributed by atoms with Crippen LogP contribution in [0.25, 0.3) is 11.5 Å². The van der Waals surface area contributed by atoms with Crippen molar-refractivity contribution in [2.75, 3.05) is 26.8 Å². The van der Waals surface area contributed by atoms with E-state index in [-0.39, 0.29) is 0 Å². The molecule has 118 valence electrons. The highest BCUT2D eigenvalue weighted by Crippen LogP contribution is 2.17. The fraction of sp³-hybridized carbons (Fsp3) is 0.375. The van der Waals surface area contributed by atoms with Crippen molar-refractivity contribution >= 4 is 5.96 Å². The quantitative estimate of drug-likeness (QED) is 0.465. The highest BCUT2D eigenvalue weighted by molar-refractivity contribution is 5.79. The molecule has 22 heavy (non-hydrogen) atoms. The first-order valence-corrected chi connectivity index (χ1v) is 7.35. The van der Waals surface area contributed by atoms with Gasteiger partial charge in [0.15, 0.2) is 5.96 Å². The number of ether oxygens (including phenoxy) is 1. The van der Waals surface area contributed by atoms with Crippen LogP contribution in [0.4, 0.5) is 0 Å². The molecule has 1 heterocycles. The van der Waals surface area contributed by atoms with Crippen molar-refractivity contribution in [3.8, 4) is 11.5 Å². The predicted octanol–water partition coefficient (Wildman–Crippen LogP) is 2.04. The van der Waals surface area contributed by atoms with Gasteiger partial charge in [-0.2, -0.15) is 0 Å². The number of rotatable bonds is 7. The Bertz CT molecular complexity index is 581. The van der Waals surface area contributed by atoms with E-state index in [4.69, 9.17) is 9.15 Å². The number of nitrogens with zero attached hydrogens (tertiary/aromatic N) is 2. The lowest BCUT2D eigenvalue weighted by Gasteiger charge is -2.10. The molecule has 0 unspecified atom stereocenters. The van der Waals surface area contributed by atoms with Gasteiger partial charge in [0.2, 0.25) is 5.89 Å². The molecule has 0 atom stereocenters. The minimum atomic E-state index is 0.546. The number of benzene rings is 1. The van der Waals surface area contributed by atoms with Gasteiger partial charge in [-0.1, -0.05) is 18.2 Å². The standard InChI is InChI=1S/C16H22N4O2/c1-3-21-10-9-18-16(17-2)19-11-14-12-22-15(20-14)13-7-5-4-6-8-13/h4-8,12H,3,9-11H2,1-2H3,(H2,17,18,19). The first-order valence-electron chi connectivity index (χ1n) is 7.35. The molecule has 6 nitrogen and oxygen atoms in total. The van der Waals surface area contributed by atoms with Crippen molar-refractivity contribution in [1.29, 1.82) is 0 Å². The maximum Gasteiger partial charge on any atom is 0.226 e. The summed E-state index contributed by atoms with van der Waals surface area (Å²) < 4.78 is 10.8. The maximum atomic E-state index is 5.50. The molecule has 0 saturated heterocycles. The number of aromatic nitrogens is 1. The molecule has 0 spiro atoms. The average molecular weight is 302 g/mol. The molecule has 0 bridgehead atoms. The van der Waals surface area contributed by atoms with Crippen molar-refractivity contribution in [2.45, 2.75) is 13.5 Å². The molecule has 0 saturated carbocycles. The molecule has 0 aliphatic heterocycles. The van der Waals surface area contributed by atoms with E-state index < -0.39 is 0 Å². The molecular formula is C16H22N4O2. The fourth-order valence-corrected chi connectivity index (χ4v) is 1.88. The van der Waals surface area contributed by atoms with Crippen molar-refractivity contribution in [3.05, 3.63) is 42.3 Å². The van der Waals surface area contributed by atoms with Crippen LogP contribution < -0.4 is 10.6 Å². The highest BCUT2D eigenvalue weighted by atomic mass is 16.5. The van der Waals surface area contributed by atoms with Gasteiger partial charge >= 0.3 is 0 Å². The summed E-state index contributed by atoms with van der Waals surface area (Å²) in [6.07, 6.45) is 1.66. The maximum absolute atomic E-state index is 5.50. The summed E-state index contributed by atoms with van der Waals surface area (Å²) in [4.78, 5) is 8.61. The van der Waals surface area contributed by atoms with Crippen molar-refractivity contribution < 1.29 is 9.15 Å². The van der Waals surface area contributed by atoms with E-state index in [2.05, 4.69) is 20.6 Å². The minimum Gasteiger partial charge on any atom is -0.444 e. The molecule has 0 aliphatic rings. The van der Waals surface area contributed by atoms with Gasteiger partial charge in [-0.3, -0.25) is 4.99 Å². The zero-order valence-electron chi connectivity index (χ0n) is 13.0. The largest absolute Gasteiger partial charge is 0.444 e. The summed E-state index contributed by atoms with van der Waals surface area (Å²) in [6, 6.07) is 9.82. The van der Waals surface area contributed by atoms with E-state index in [9.17, 15) is 0 Å². The molecule has 0 radical (unpaired) electrons. The van der Waals surface area contributed by atoms with Crippen LogP contribution in [0.1, 0.15) is 12.6 Å². The van der Waals surface area contributed by atoms with Crippen molar-refractivity contribution in [2.24, 2.45) is 4.99 Å². The van der Waals surface area contributed by atoms with Crippen molar-refractivity contribution in [3.63, 3.8) is 0 Å². The molecule has 2 N–H and O–H groups in total. The number of hydrogen-bond acceptors (Lipinski definition) is 4. The Morgan fingerprint density at radius 3 is 2.82 bits per heavy atom. The third-order valence-electron chi connectivity index (χ3n) is 2.98. The Kier molecular flexibility index (Phi) is 6.44. The predicted molar refractivity (Wildman–Crippen MR) is 86.6 cm³/mol. The summed E-state index contributed by atoms with van der Waals surface area (Å²) in [5.74, 6) is 1.33. The molecule has 2 aromatic rings. The lowest BCUT2D eigenvalue weighted by molar-refractivity contribution is 0.152. The van der Waals surface area contributed by atoms with Crippen molar-refractivity contribution in [1.82, 2.24) is 15.6 Å². The average Bonchev–Trinajstić information content (AvgIpc) is 3.04. The van der Waals surface area contributed by atoms with E-state index >= 15 is 0 Å². The Morgan fingerprint density at radius 1 is 1.27 bits per heavy atom. The van der Waals surface area contributed by atoms with Gasteiger partial charge < -0.3 is 19.8 Å². The molecule has 2 rings (SSSR count). The summed E-state index contributed by atoms with van der Waals surface area (Å²) in [5.41, 5.74) is 1.79. The molecule has 6 heteroatoms. The fourth-order valence-electron chi connectivity index (χ4n) is 1.88. The first kappa shape index (κ1) is 16.0. The number of aliphatic imine (C=N–C) groups is 1. The molecule has 1 aromatic carbocycles. The third-order valence-corrected chi connectivity index (χ3v) is 2.98.